The predicted octanol–water partition coefficient (Wildman–Crippen LogP) is 1.38. The molecular formula is C12H18N2O. The third kappa shape index (κ3) is 2.80. The number of rotatable bonds is 3. The first kappa shape index (κ1) is 11.7. The van der Waals surface area contributed by atoms with Gasteiger partial charge in [0.1, 0.15) is 0 Å². The third-order valence-electron chi connectivity index (χ3n) is 2.58. The van der Waals surface area contributed by atoms with Crippen molar-refractivity contribution < 1.29 is 4.79 Å². The fourth-order valence-electron chi connectivity index (χ4n) is 1.36. The van der Waals surface area contributed by atoms with E-state index in [1.165, 1.54) is 0 Å². The molecule has 0 aliphatic rings. The van der Waals surface area contributed by atoms with E-state index in [0.717, 1.165) is 16.7 Å². The minimum atomic E-state index is -0.0471. The lowest BCUT2D eigenvalue weighted by molar-refractivity contribution is 0.0940. The molecule has 3 N–H and O–H groups in total. The molecule has 3 heteroatoms. The smallest absolute Gasteiger partial charge is 0.251 e. The van der Waals surface area contributed by atoms with Crippen LogP contribution in [0.15, 0.2) is 18.2 Å². The summed E-state index contributed by atoms with van der Waals surface area (Å²) in [7, 11) is 0. The third-order valence-corrected chi connectivity index (χ3v) is 2.58. The zero-order valence-electron chi connectivity index (χ0n) is 9.50. The van der Waals surface area contributed by atoms with E-state index in [9.17, 15) is 4.79 Å². The molecule has 0 spiro atoms. The minimum absolute atomic E-state index is 0.0115. The van der Waals surface area contributed by atoms with E-state index in [1.54, 1.807) is 0 Å². The number of carbonyl (C=O) groups excluding carboxylic acids is 1. The second-order valence-electron chi connectivity index (χ2n) is 3.86. The van der Waals surface area contributed by atoms with Crippen LogP contribution >= 0.6 is 0 Å². The fraction of sp³-hybridized carbons (Fsp3) is 0.417. The van der Waals surface area contributed by atoms with Gasteiger partial charge in [-0.2, -0.15) is 0 Å². The lowest BCUT2D eigenvalue weighted by atomic mass is 10.0. The number of hydrogen-bond donors (Lipinski definition) is 2. The van der Waals surface area contributed by atoms with Crippen molar-refractivity contribution in [1.82, 2.24) is 5.32 Å². The molecule has 82 valence electrons. The van der Waals surface area contributed by atoms with Crippen LogP contribution in [0.2, 0.25) is 0 Å². The maximum absolute atomic E-state index is 11.8. The molecule has 3 nitrogen and oxygen atoms in total. The molecule has 1 aromatic rings. The molecule has 0 aromatic heterocycles. The SMILES string of the molecule is Cc1cccc(C(=O)N[C@@H](C)CN)c1C. The molecule has 0 unspecified atom stereocenters. The Hall–Kier alpha value is -1.35. The Morgan fingerprint density at radius 2 is 2.13 bits per heavy atom. The van der Waals surface area contributed by atoms with Gasteiger partial charge < -0.3 is 11.1 Å². The molecule has 0 fully saturated rings. The first-order valence-electron chi connectivity index (χ1n) is 5.13. The molecule has 0 bridgehead atoms. The molecule has 0 heterocycles. The van der Waals surface area contributed by atoms with Gasteiger partial charge in [0.05, 0.1) is 0 Å². The molecule has 1 aromatic carbocycles. The number of hydrogen-bond acceptors (Lipinski definition) is 2. The molecule has 0 saturated carbocycles. The van der Waals surface area contributed by atoms with E-state index in [2.05, 4.69) is 5.32 Å². The zero-order valence-corrected chi connectivity index (χ0v) is 9.50. The first-order chi connectivity index (χ1) is 7.06. The van der Waals surface area contributed by atoms with E-state index in [4.69, 9.17) is 5.73 Å². The second kappa shape index (κ2) is 4.94. The fourth-order valence-corrected chi connectivity index (χ4v) is 1.36. The number of benzene rings is 1. The van der Waals surface area contributed by atoms with Crippen LogP contribution in [-0.4, -0.2) is 18.5 Å². The summed E-state index contributed by atoms with van der Waals surface area (Å²) >= 11 is 0. The van der Waals surface area contributed by atoms with Crippen molar-refractivity contribution in [3.63, 3.8) is 0 Å². The summed E-state index contributed by atoms with van der Waals surface area (Å²) < 4.78 is 0. The molecule has 0 aliphatic heterocycles. The maximum Gasteiger partial charge on any atom is 0.251 e. The topological polar surface area (TPSA) is 55.1 Å². The summed E-state index contributed by atoms with van der Waals surface area (Å²) in [4.78, 5) is 11.8. The molecule has 0 aliphatic carbocycles. The molecule has 1 amide bonds. The van der Waals surface area contributed by atoms with Gasteiger partial charge in [0.25, 0.3) is 5.91 Å². The van der Waals surface area contributed by atoms with Gasteiger partial charge in [-0.1, -0.05) is 12.1 Å². The standard InChI is InChI=1S/C12H18N2O/c1-8-5-4-6-11(10(8)3)12(15)14-9(2)7-13/h4-6,9H,7,13H2,1-3H3,(H,14,15)/t9-/m0/s1. The Bertz CT molecular complexity index is 361. The van der Waals surface area contributed by atoms with Crippen molar-refractivity contribution in [2.75, 3.05) is 6.54 Å². The van der Waals surface area contributed by atoms with Gasteiger partial charge >= 0.3 is 0 Å². The number of nitrogens with two attached hydrogens (primary N) is 1. The average molecular weight is 206 g/mol. The molecule has 0 radical (unpaired) electrons. The lowest BCUT2D eigenvalue weighted by Gasteiger charge is -2.13. The molecular weight excluding hydrogens is 188 g/mol. The Morgan fingerprint density at radius 3 is 2.73 bits per heavy atom. The number of aryl methyl sites for hydroxylation is 1. The van der Waals surface area contributed by atoms with Crippen LogP contribution in [0.3, 0.4) is 0 Å². The predicted molar refractivity (Wildman–Crippen MR) is 61.9 cm³/mol. The first-order valence-corrected chi connectivity index (χ1v) is 5.13. The Kier molecular flexibility index (Phi) is 3.86. The van der Waals surface area contributed by atoms with Gasteiger partial charge in [-0.3, -0.25) is 4.79 Å². The molecule has 0 saturated heterocycles. The van der Waals surface area contributed by atoms with Gasteiger partial charge in [-0.05, 0) is 38.0 Å². The van der Waals surface area contributed by atoms with Gasteiger partial charge in [0.15, 0.2) is 0 Å². The zero-order chi connectivity index (χ0) is 11.4. The molecule has 15 heavy (non-hydrogen) atoms. The van der Waals surface area contributed by atoms with E-state index >= 15 is 0 Å². The van der Waals surface area contributed by atoms with Gasteiger partial charge in [-0.15, -0.1) is 0 Å². The van der Waals surface area contributed by atoms with Crippen molar-refractivity contribution in [3.05, 3.63) is 34.9 Å². The van der Waals surface area contributed by atoms with Crippen LogP contribution in [0, 0.1) is 13.8 Å². The highest BCUT2D eigenvalue weighted by Crippen LogP contribution is 2.12. The minimum Gasteiger partial charge on any atom is -0.348 e. The highest BCUT2D eigenvalue weighted by Gasteiger charge is 2.11. The van der Waals surface area contributed by atoms with E-state index in [0.29, 0.717) is 6.54 Å². The summed E-state index contributed by atoms with van der Waals surface area (Å²) in [6.45, 7) is 6.30. The van der Waals surface area contributed by atoms with Gasteiger partial charge in [-0.25, -0.2) is 0 Å². The van der Waals surface area contributed by atoms with Crippen LogP contribution in [-0.2, 0) is 0 Å². The summed E-state index contributed by atoms with van der Waals surface area (Å²) in [6.07, 6.45) is 0. The van der Waals surface area contributed by atoms with Crippen molar-refractivity contribution in [3.8, 4) is 0 Å². The molecule has 1 rings (SSSR count). The van der Waals surface area contributed by atoms with Crippen LogP contribution in [0.25, 0.3) is 0 Å². The number of amides is 1. The van der Waals surface area contributed by atoms with Crippen LogP contribution in [0.5, 0.6) is 0 Å². The monoisotopic (exact) mass is 206 g/mol. The number of carbonyl (C=O) groups is 1. The van der Waals surface area contributed by atoms with Crippen LogP contribution in [0.4, 0.5) is 0 Å². The highest BCUT2D eigenvalue weighted by atomic mass is 16.1. The summed E-state index contributed by atoms with van der Waals surface area (Å²) in [6, 6.07) is 5.74. The second-order valence-corrected chi connectivity index (χ2v) is 3.86. The Balaban J connectivity index is 2.87. The van der Waals surface area contributed by atoms with Gasteiger partial charge in [0.2, 0.25) is 0 Å². The average Bonchev–Trinajstić information content (AvgIpc) is 2.21. The van der Waals surface area contributed by atoms with Gasteiger partial charge in [0, 0.05) is 18.2 Å². The van der Waals surface area contributed by atoms with Crippen molar-refractivity contribution in [2.24, 2.45) is 5.73 Å². The van der Waals surface area contributed by atoms with Crippen molar-refractivity contribution in [1.29, 1.82) is 0 Å². The number of nitrogens with one attached hydrogen (secondary N) is 1. The maximum atomic E-state index is 11.8. The van der Waals surface area contributed by atoms with E-state index < -0.39 is 0 Å². The normalized spacial score (nSPS) is 12.3. The van der Waals surface area contributed by atoms with E-state index in [1.807, 2.05) is 39.0 Å². The van der Waals surface area contributed by atoms with Crippen LogP contribution < -0.4 is 11.1 Å². The lowest BCUT2D eigenvalue weighted by Crippen LogP contribution is -2.38. The summed E-state index contributed by atoms with van der Waals surface area (Å²) in [5.74, 6) is -0.0471. The van der Waals surface area contributed by atoms with Crippen molar-refractivity contribution in [2.45, 2.75) is 26.8 Å². The molecule has 1 atom stereocenters. The van der Waals surface area contributed by atoms with E-state index in [-0.39, 0.29) is 11.9 Å². The van der Waals surface area contributed by atoms with Crippen LogP contribution in [0.1, 0.15) is 28.4 Å². The van der Waals surface area contributed by atoms with Crippen molar-refractivity contribution >= 4 is 5.91 Å². The highest BCUT2D eigenvalue weighted by molar-refractivity contribution is 5.96. The summed E-state index contributed by atoms with van der Waals surface area (Å²) in [5.41, 5.74) is 8.34. The Labute approximate surface area is 90.7 Å². The summed E-state index contributed by atoms with van der Waals surface area (Å²) in [5, 5.41) is 2.85. The Morgan fingerprint density at radius 1 is 1.47 bits per heavy atom. The largest absolute Gasteiger partial charge is 0.348 e. The quantitative estimate of drug-likeness (QED) is 0.785.